The highest BCUT2D eigenvalue weighted by atomic mass is 32.1. The molecule has 1 aromatic heterocycles. The molecule has 0 aliphatic carbocycles. The van der Waals surface area contributed by atoms with Gasteiger partial charge in [-0.3, -0.25) is 9.69 Å². The molecule has 0 spiro atoms. The maximum absolute atomic E-state index is 14.0. The lowest BCUT2D eigenvalue weighted by atomic mass is 9.99. The molecule has 1 N–H and O–H groups in total. The number of rotatable bonds is 4. The summed E-state index contributed by atoms with van der Waals surface area (Å²) >= 11 is 1.68. The van der Waals surface area contributed by atoms with Gasteiger partial charge in [-0.05, 0) is 59.0 Å². The monoisotopic (exact) mass is 409 g/mol. The van der Waals surface area contributed by atoms with Crippen LogP contribution in [0.15, 0.2) is 41.8 Å². The Labute approximate surface area is 173 Å². The molecule has 2 aliphatic rings. The van der Waals surface area contributed by atoms with Crippen molar-refractivity contribution in [1.29, 1.82) is 0 Å². The van der Waals surface area contributed by atoms with Gasteiger partial charge in [0.05, 0.1) is 10.4 Å². The summed E-state index contributed by atoms with van der Waals surface area (Å²) in [5.74, 6) is -0.0456. The molecule has 0 bridgehead atoms. The third kappa shape index (κ3) is 3.87. The molecule has 1 amide bonds. The van der Waals surface area contributed by atoms with E-state index in [4.69, 9.17) is 0 Å². The Bertz CT molecular complexity index is 1060. The molecule has 1 fully saturated rings. The minimum Gasteiger partial charge on any atom is -0.368 e. The van der Waals surface area contributed by atoms with E-state index in [1.54, 1.807) is 23.5 Å². The Kier molecular flexibility index (Phi) is 4.97. The van der Waals surface area contributed by atoms with Gasteiger partial charge in [0.15, 0.2) is 0 Å². The van der Waals surface area contributed by atoms with Crippen molar-refractivity contribution in [1.82, 2.24) is 4.90 Å². The molecule has 0 unspecified atom stereocenters. The van der Waals surface area contributed by atoms with Gasteiger partial charge in [0.2, 0.25) is 5.91 Å². The second-order valence-electron chi connectivity index (χ2n) is 7.88. The summed E-state index contributed by atoms with van der Waals surface area (Å²) in [5.41, 5.74) is 4.51. The molecule has 0 radical (unpaired) electrons. The molecule has 1 saturated heterocycles. The fourth-order valence-corrected chi connectivity index (χ4v) is 5.26. The van der Waals surface area contributed by atoms with Crippen molar-refractivity contribution in [2.45, 2.75) is 19.3 Å². The van der Waals surface area contributed by atoms with Crippen LogP contribution >= 0.6 is 11.3 Å². The van der Waals surface area contributed by atoms with Gasteiger partial charge in [0, 0.05) is 44.8 Å². The van der Waals surface area contributed by atoms with Gasteiger partial charge in [-0.1, -0.05) is 12.1 Å². The molecule has 29 heavy (non-hydrogen) atoms. The van der Waals surface area contributed by atoms with E-state index < -0.39 is 0 Å². The first kappa shape index (κ1) is 18.6. The average molecular weight is 410 g/mol. The number of thiophene rings is 1. The lowest BCUT2D eigenvalue weighted by Crippen LogP contribution is -2.47. The van der Waals surface area contributed by atoms with Crippen molar-refractivity contribution >= 4 is 38.7 Å². The molecule has 3 aromatic rings. The number of carbonyl (C=O) groups is 1. The Morgan fingerprint density at radius 2 is 1.90 bits per heavy atom. The zero-order valence-electron chi connectivity index (χ0n) is 16.3. The summed E-state index contributed by atoms with van der Waals surface area (Å²) in [5, 5.41) is 6.02. The van der Waals surface area contributed by atoms with Gasteiger partial charge in [-0.2, -0.15) is 0 Å². The number of fused-ring (bicyclic) bond motifs is 2. The zero-order chi connectivity index (χ0) is 19.8. The van der Waals surface area contributed by atoms with Gasteiger partial charge in [0.1, 0.15) is 5.82 Å². The first-order valence-electron chi connectivity index (χ1n) is 10.2. The first-order valence-corrected chi connectivity index (χ1v) is 11.1. The van der Waals surface area contributed by atoms with Crippen molar-refractivity contribution in [3.63, 3.8) is 0 Å². The second-order valence-corrected chi connectivity index (χ2v) is 8.80. The molecule has 2 aromatic carbocycles. The maximum Gasteiger partial charge on any atom is 0.224 e. The standard InChI is InChI=1S/C23H24FN3OS/c24-19-14-18-6-12-29-23(18)21(15-19)27-10-8-26(9-11-27)7-5-16-1-2-17-3-4-22(28)25-20(17)13-16/h1-2,6,12-15H,3-5,7-11H2,(H,25,28). The molecule has 4 nitrogen and oxygen atoms in total. The van der Waals surface area contributed by atoms with Crippen LogP contribution in [0, 0.1) is 5.82 Å². The molecule has 5 rings (SSSR count). The summed E-state index contributed by atoms with van der Waals surface area (Å²) in [7, 11) is 0. The third-order valence-electron chi connectivity index (χ3n) is 6.00. The number of hydrogen-bond donors (Lipinski definition) is 1. The fourth-order valence-electron chi connectivity index (χ4n) is 4.34. The summed E-state index contributed by atoms with van der Waals surface area (Å²) in [6, 6.07) is 11.8. The van der Waals surface area contributed by atoms with Gasteiger partial charge in [-0.25, -0.2) is 4.39 Å². The van der Waals surface area contributed by atoms with Crippen LogP contribution < -0.4 is 10.2 Å². The Morgan fingerprint density at radius 1 is 1.03 bits per heavy atom. The molecule has 2 aliphatic heterocycles. The normalized spacial score (nSPS) is 17.4. The topological polar surface area (TPSA) is 35.6 Å². The molecule has 0 atom stereocenters. The number of nitrogens with zero attached hydrogens (tertiary/aromatic N) is 2. The minimum atomic E-state index is -0.159. The van der Waals surface area contributed by atoms with E-state index in [1.807, 2.05) is 11.4 Å². The summed E-state index contributed by atoms with van der Waals surface area (Å²) in [6.07, 6.45) is 2.39. The van der Waals surface area contributed by atoms with Gasteiger partial charge < -0.3 is 10.2 Å². The van der Waals surface area contributed by atoms with Crippen LogP contribution in [-0.2, 0) is 17.6 Å². The highest BCUT2D eigenvalue weighted by molar-refractivity contribution is 7.17. The Hall–Kier alpha value is -2.44. The van der Waals surface area contributed by atoms with Crippen LogP contribution in [0.2, 0.25) is 0 Å². The van der Waals surface area contributed by atoms with Crippen LogP contribution in [0.25, 0.3) is 10.1 Å². The maximum atomic E-state index is 14.0. The molecule has 3 heterocycles. The third-order valence-corrected chi connectivity index (χ3v) is 6.95. The number of benzene rings is 2. The van der Waals surface area contributed by atoms with E-state index in [0.29, 0.717) is 6.42 Å². The van der Waals surface area contributed by atoms with E-state index in [1.165, 1.54) is 15.8 Å². The molecule has 0 saturated carbocycles. The summed E-state index contributed by atoms with van der Waals surface area (Å²) < 4.78 is 15.2. The van der Waals surface area contributed by atoms with E-state index >= 15 is 0 Å². The first-order chi connectivity index (χ1) is 14.2. The number of carbonyl (C=O) groups excluding carboxylic acids is 1. The number of anilines is 2. The number of nitrogens with one attached hydrogen (secondary N) is 1. The molecular weight excluding hydrogens is 385 g/mol. The number of hydrogen-bond acceptors (Lipinski definition) is 4. The molecule has 6 heteroatoms. The van der Waals surface area contributed by atoms with E-state index in [9.17, 15) is 9.18 Å². The van der Waals surface area contributed by atoms with Gasteiger partial charge in [0.25, 0.3) is 0 Å². The predicted molar refractivity (Wildman–Crippen MR) is 118 cm³/mol. The highest BCUT2D eigenvalue weighted by Gasteiger charge is 2.20. The van der Waals surface area contributed by atoms with E-state index in [2.05, 4.69) is 33.3 Å². The van der Waals surface area contributed by atoms with Crippen LogP contribution in [0.4, 0.5) is 15.8 Å². The van der Waals surface area contributed by atoms with Crippen molar-refractivity contribution < 1.29 is 9.18 Å². The van der Waals surface area contributed by atoms with Crippen LogP contribution in [0.5, 0.6) is 0 Å². The lowest BCUT2D eigenvalue weighted by Gasteiger charge is -2.36. The molecular formula is C23H24FN3OS. The highest BCUT2D eigenvalue weighted by Crippen LogP contribution is 2.33. The quantitative estimate of drug-likeness (QED) is 0.698. The fraction of sp³-hybridized carbons (Fsp3) is 0.348. The largest absolute Gasteiger partial charge is 0.368 e. The minimum absolute atomic E-state index is 0.114. The smallest absolute Gasteiger partial charge is 0.224 e. The number of piperazine rings is 1. The van der Waals surface area contributed by atoms with Crippen LogP contribution in [0.1, 0.15) is 17.5 Å². The van der Waals surface area contributed by atoms with E-state index in [-0.39, 0.29) is 11.7 Å². The summed E-state index contributed by atoms with van der Waals surface area (Å²) in [4.78, 5) is 16.4. The van der Waals surface area contributed by atoms with Gasteiger partial charge >= 0.3 is 0 Å². The van der Waals surface area contributed by atoms with Crippen molar-refractivity contribution in [3.05, 3.63) is 58.7 Å². The summed E-state index contributed by atoms with van der Waals surface area (Å²) in [6.45, 7) is 4.78. The number of halogens is 1. The molecule has 150 valence electrons. The van der Waals surface area contributed by atoms with Crippen LogP contribution in [0.3, 0.4) is 0 Å². The number of aryl methyl sites for hydroxylation is 1. The van der Waals surface area contributed by atoms with Crippen molar-refractivity contribution in [2.75, 3.05) is 42.9 Å². The predicted octanol–water partition coefficient (Wildman–Crippen LogP) is 4.29. The van der Waals surface area contributed by atoms with Crippen molar-refractivity contribution in [3.8, 4) is 0 Å². The Morgan fingerprint density at radius 3 is 2.76 bits per heavy atom. The SMILES string of the molecule is O=C1CCc2ccc(CCN3CCN(c4cc(F)cc5ccsc45)CC3)cc2N1. The number of amides is 1. The Balaban J connectivity index is 1.20. The zero-order valence-corrected chi connectivity index (χ0v) is 17.1. The van der Waals surface area contributed by atoms with Gasteiger partial charge in [-0.15, -0.1) is 11.3 Å². The second kappa shape index (κ2) is 7.76. The van der Waals surface area contributed by atoms with E-state index in [0.717, 1.165) is 62.3 Å². The lowest BCUT2D eigenvalue weighted by molar-refractivity contribution is -0.116. The van der Waals surface area contributed by atoms with Crippen molar-refractivity contribution in [2.24, 2.45) is 0 Å². The van der Waals surface area contributed by atoms with Crippen LogP contribution in [-0.4, -0.2) is 43.5 Å². The average Bonchev–Trinajstić information content (AvgIpc) is 3.20.